The monoisotopic (exact) mass is 320 g/mol. The second-order valence-electron chi connectivity index (χ2n) is 4.84. The highest BCUT2D eigenvalue weighted by atomic mass is 19.1. The number of para-hydroxylation sites is 1. The first-order valence-electron chi connectivity index (χ1n) is 7.28. The van der Waals surface area contributed by atoms with Gasteiger partial charge in [0, 0.05) is 6.54 Å². The van der Waals surface area contributed by atoms with Crippen molar-refractivity contribution in [2.75, 3.05) is 19.7 Å². The van der Waals surface area contributed by atoms with Gasteiger partial charge in [0.15, 0.2) is 11.6 Å². The van der Waals surface area contributed by atoms with Gasteiger partial charge in [-0.2, -0.15) is 0 Å². The summed E-state index contributed by atoms with van der Waals surface area (Å²) in [5.74, 6) is -0.559. The minimum Gasteiger partial charge on any atom is -0.489 e. The molecule has 2 amide bonds. The van der Waals surface area contributed by atoms with Crippen molar-refractivity contribution >= 4 is 6.03 Å². The van der Waals surface area contributed by atoms with Gasteiger partial charge in [-0.15, -0.1) is 0 Å². The highest BCUT2D eigenvalue weighted by Crippen LogP contribution is 2.14. The standard InChI is InChI=1S/C17H18F2N2O2/c18-14-7-5-13(6-8-14)9-10-20-17(22)21-11-12-23-16-4-2-1-3-15(16)19/h1-8H,9-12H2,(H2,20,21,22). The molecule has 0 bridgehead atoms. The Morgan fingerprint density at radius 1 is 0.957 bits per heavy atom. The molecule has 0 atom stereocenters. The predicted molar refractivity (Wildman–Crippen MR) is 83.4 cm³/mol. The average Bonchev–Trinajstić information content (AvgIpc) is 2.55. The second-order valence-corrected chi connectivity index (χ2v) is 4.84. The zero-order chi connectivity index (χ0) is 16.5. The van der Waals surface area contributed by atoms with Gasteiger partial charge >= 0.3 is 6.03 Å². The average molecular weight is 320 g/mol. The van der Waals surface area contributed by atoms with Crippen molar-refractivity contribution in [3.05, 3.63) is 65.7 Å². The molecule has 0 aliphatic rings. The van der Waals surface area contributed by atoms with Gasteiger partial charge in [-0.3, -0.25) is 0 Å². The van der Waals surface area contributed by atoms with Crippen LogP contribution in [0, 0.1) is 11.6 Å². The van der Waals surface area contributed by atoms with Crippen LogP contribution in [0.25, 0.3) is 0 Å². The number of carbonyl (C=O) groups excluding carboxylic acids is 1. The first-order valence-corrected chi connectivity index (χ1v) is 7.28. The predicted octanol–water partition coefficient (Wildman–Crippen LogP) is 2.89. The zero-order valence-corrected chi connectivity index (χ0v) is 12.5. The first-order chi connectivity index (χ1) is 11.1. The molecule has 6 heteroatoms. The fourth-order valence-corrected chi connectivity index (χ4v) is 1.92. The third-order valence-corrected chi connectivity index (χ3v) is 3.09. The summed E-state index contributed by atoms with van der Waals surface area (Å²) in [6.45, 7) is 0.870. The lowest BCUT2D eigenvalue weighted by Gasteiger charge is -2.09. The van der Waals surface area contributed by atoms with Gasteiger partial charge in [-0.1, -0.05) is 24.3 Å². The van der Waals surface area contributed by atoms with Crippen molar-refractivity contribution in [3.8, 4) is 5.75 Å². The second kappa shape index (κ2) is 8.73. The summed E-state index contributed by atoms with van der Waals surface area (Å²) in [5, 5.41) is 5.29. The number of ether oxygens (including phenoxy) is 1. The summed E-state index contributed by atoms with van der Waals surface area (Å²) in [4.78, 5) is 11.6. The lowest BCUT2D eigenvalue weighted by Crippen LogP contribution is -2.38. The molecule has 0 fully saturated rings. The lowest BCUT2D eigenvalue weighted by molar-refractivity contribution is 0.236. The number of urea groups is 1. The Morgan fingerprint density at radius 3 is 2.39 bits per heavy atom. The molecule has 0 unspecified atom stereocenters. The fourth-order valence-electron chi connectivity index (χ4n) is 1.92. The van der Waals surface area contributed by atoms with Crippen LogP contribution < -0.4 is 15.4 Å². The molecule has 0 aliphatic carbocycles. The van der Waals surface area contributed by atoms with Crippen molar-refractivity contribution in [2.24, 2.45) is 0 Å². The highest BCUT2D eigenvalue weighted by molar-refractivity contribution is 5.73. The molecule has 0 spiro atoms. The van der Waals surface area contributed by atoms with E-state index in [9.17, 15) is 13.6 Å². The molecule has 2 rings (SSSR count). The molecule has 2 N–H and O–H groups in total. The zero-order valence-electron chi connectivity index (χ0n) is 12.5. The number of benzene rings is 2. The third kappa shape index (κ3) is 5.94. The summed E-state index contributed by atoms with van der Waals surface area (Å²) in [5.41, 5.74) is 0.939. The molecular weight excluding hydrogens is 302 g/mol. The van der Waals surface area contributed by atoms with E-state index in [1.54, 1.807) is 24.3 Å². The molecule has 0 saturated carbocycles. The number of amides is 2. The molecule has 122 valence electrons. The highest BCUT2D eigenvalue weighted by Gasteiger charge is 2.02. The number of nitrogens with one attached hydrogen (secondary N) is 2. The van der Waals surface area contributed by atoms with E-state index in [4.69, 9.17) is 4.74 Å². The molecule has 0 heterocycles. The Balaban J connectivity index is 1.58. The molecule has 23 heavy (non-hydrogen) atoms. The number of halogens is 2. The van der Waals surface area contributed by atoms with Crippen LogP contribution in [0.15, 0.2) is 48.5 Å². The normalized spacial score (nSPS) is 10.2. The van der Waals surface area contributed by atoms with Crippen LogP contribution in [0.2, 0.25) is 0 Å². The number of carbonyl (C=O) groups is 1. The molecule has 2 aromatic carbocycles. The van der Waals surface area contributed by atoms with Crippen molar-refractivity contribution in [1.29, 1.82) is 0 Å². The van der Waals surface area contributed by atoms with Crippen LogP contribution in [0.1, 0.15) is 5.56 Å². The third-order valence-electron chi connectivity index (χ3n) is 3.09. The van der Waals surface area contributed by atoms with Gasteiger partial charge in [0.25, 0.3) is 0 Å². The molecule has 4 nitrogen and oxygen atoms in total. The summed E-state index contributed by atoms with van der Waals surface area (Å²) < 4.78 is 31.2. The maximum absolute atomic E-state index is 13.3. The van der Waals surface area contributed by atoms with Crippen LogP contribution in [0.4, 0.5) is 13.6 Å². The quantitative estimate of drug-likeness (QED) is 0.771. The van der Waals surface area contributed by atoms with Crippen molar-refractivity contribution in [2.45, 2.75) is 6.42 Å². The number of rotatable bonds is 7. The Bertz CT molecular complexity index is 633. The van der Waals surface area contributed by atoms with Crippen LogP contribution in [0.3, 0.4) is 0 Å². The summed E-state index contributed by atoms with van der Waals surface area (Å²) in [7, 11) is 0. The van der Waals surface area contributed by atoms with Crippen molar-refractivity contribution in [3.63, 3.8) is 0 Å². The van der Waals surface area contributed by atoms with Crippen LogP contribution in [0.5, 0.6) is 5.75 Å². The Kier molecular flexibility index (Phi) is 6.35. The van der Waals surface area contributed by atoms with Gasteiger partial charge in [0.2, 0.25) is 0 Å². The summed E-state index contributed by atoms with van der Waals surface area (Å²) in [6, 6.07) is 11.9. The van der Waals surface area contributed by atoms with Crippen molar-refractivity contribution < 1.29 is 18.3 Å². The summed E-state index contributed by atoms with van der Waals surface area (Å²) >= 11 is 0. The maximum atomic E-state index is 13.3. The van der Waals surface area contributed by atoms with Crippen LogP contribution in [-0.4, -0.2) is 25.7 Å². The molecule has 0 aromatic heterocycles. The van der Waals surface area contributed by atoms with Gasteiger partial charge in [-0.25, -0.2) is 13.6 Å². The van der Waals surface area contributed by atoms with Gasteiger partial charge in [0.05, 0.1) is 6.54 Å². The van der Waals surface area contributed by atoms with E-state index in [-0.39, 0.29) is 30.7 Å². The lowest BCUT2D eigenvalue weighted by atomic mass is 10.1. The molecule has 0 saturated heterocycles. The SMILES string of the molecule is O=C(NCCOc1ccccc1F)NCCc1ccc(F)cc1. The molecular formula is C17H18F2N2O2. The van der Waals surface area contributed by atoms with E-state index in [1.807, 2.05) is 0 Å². The molecule has 2 aromatic rings. The Labute approximate surface area is 133 Å². The van der Waals surface area contributed by atoms with E-state index < -0.39 is 5.82 Å². The minimum atomic E-state index is -0.434. The smallest absolute Gasteiger partial charge is 0.314 e. The van der Waals surface area contributed by atoms with E-state index in [0.717, 1.165) is 5.56 Å². The van der Waals surface area contributed by atoms with Gasteiger partial charge < -0.3 is 15.4 Å². The minimum absolute atomic E-state index is 0.158. The summed E-state index contributed by atoms with van der Waals surface area (Å²) in [6.07, 6.45) is 0.611. The Morgan fingerprint density at radius 2 is 1.65 bits per heavy atom. The van der Waals surface area contributed by atoms with Crippen molar-refractivity contribution in [1.82, 2.24) is 10.6 Å². The largest absolute Gasteiger partial charge is 0.489 e. The van der Waals surface area contributed by atoms with E-state index in [2.05, 4.69) is 10.6 Å². The number of hydrogen-bond acceptors (Lipinski definition) is 2. The van der Waals surface area contributed by atoms with E-state index in [0.29, 0.717) is 13.0 Å². The van der Waals surface area contributed by atoms with E-state index >= 15 is 0 Å². The van der Waals surface area contributed by atoms with Gasteiger partial charge in [-0.05, 0) is 36.2 Å². The topological polar surface area (TPSA) is 50.4 Å². The maximum Gasteiger partial charge on any atom is 0.314 e. The van der Waals surface area contributed by atoms with Crippen LogP contribution in [-0.2, 0) is 6.42 Å². The molecule has 0 aliphatic heterocycles. The van der Waals surface area contributed by atoms with Crippen LogP contribution >= 0.6 is 0 Å². The Hall–Kier alpha value is -2.63. The first kappa shape index (κ1) is 16.7. The fraction of sp³-hybridized carbons (Fsp3) is 0.235. The van der Waals surface area contributed by atoms with Gasteiger partial charge in [0.1, 0.15) is 12.4 Å². The molecule has 0 radical (unpaired) electrons. The van der Waals surface area contributed by atoms with E-state index in [1.165, 1.54) is 24.3 Å². The number of hydrogen-bond donors (Lipinski definition) is 2.